The van der Waals surface area contributed by atoms with Gasteiger partial charge >= 0.3 is 0 Å². The molecule has 0 saturated heterocycles. The highest BCUT2D eigenvalue weighted by atomic mass is 16.4. The molecule has 150 valence electrons. The Balaban J connectivity index is 2.35. The van der Waals surface area contributed by atoms with Crippen molar-refractivity contribution in [2.75, 3.05) is 26.2 Å². The van der Waals surface area contributed by atoms with Crippen molar-refractivity contribution < 1.29 is 34.5 Å². The van der Waals surface area contributed by atoms with Gasteiger partial charge in [0, 0.05) is 24.2 Å². The average molecular weight is 387 g/mol. The van der Waals surface area contributed by atoms with Crippen LogP contribution in [0.25, 0.3) is 0 Å². The van der Waals surface area contributed by atoms with Gasteiger partial charge in [-0.15, -0.1) is 0 Å². The van der Waals surface area contributed by atoms with Gasteiger partial charge in [-0.25, -0.2) is 0 Å². The van der Waals surface area contributed by atoms with Gasteiger partial charge in [0.2, 0.25) is 0 Å². The van der Waals surface area contributed by atoms with Gasteiger partial charge in [-0.3, -0.25) is 0 Å². The van der Waals surface area contributed by atoms with Gasteiger partial charge < -0.3 is 39.8 Å². The van der Waals surface area contributed by atoms with Crippen molar-refractivity contribution in [3.8, 4) is 11.5 Å². The number of rotatable bonds is 11. The molecular weight excluding hydrogens is 364 g/mol. The zero-order valence-electron chi connectivity index (χ0n) is 15.3. The van der Waals surface area contributed by atoms with Crippen molar-refractivity contribution >= 4 is 11.9 Å². The number of carboxylic acid groups (broad SMARTS) is 2. The Hall–Kier alpha value is -3.10. The van der Waals surface area contributed by atoms with E-state index in [4.69, 9.17) is 0 Å². The summed E-state index contributed by atoms with van der Waals surface area (Å²) in [6.07, 6.45) is 0. The first-order valence-corrected chi connectivity index (χ1v) is 8.80. The number of quaternary nitrogens is 1. The van der Waals surface area contributed by atoms with Crippen molar-refractivity contribution in [3.05, 3.63) is 59.7 Å². The Bertz CT molecular complexity index is 776. The standard InChI is InChI=1S/C20H24N2O6/c23-17-7-3-1-5-15(17)12-22(14-20(27)28,10-9-21-11-19(25)26)13-16-6-2-4-8-18(16)24/h1-8,21H,9-14H2,(H3-,23,24,25,26,27,28)/p-1. The minimum Gasteiger partial charge on any atom is -0.549 e. The summed E-state index contributed by atoms with van der Waals surface area (Å²) in [6, 6.07) is 13.2. The SMILES string of the molecule is O=C([O-])CNCC[N+](CC(=O)[O-])(Cc1ccccc1O)Cc1ccccc1O. The number of carboxylic acids is 2. The second kappa shape index (κ2) is 9.72. The second-order valence-electron chi connectivity index (χ2n) is 6.72. The van der Waals surface area contributed by atoms with Crippen LogP contribution in [-0.4, -0.2) is 52.8 Å². The first-order chi connectivity index (χ1) is 13.3. The van der Waals surface area contributed by atoms with Crippen LogP contribution in [0.2, 0.25) is 0 Å². The highest BCUT2D eigenvalue weighted by Gasteiger charge is 2.30. The third-order valence-electron chi connectivity index (χ3n) is 4.49. The highest BCUT2D eigenvalue weighted by Crippen LogP contribution is 2.27. The predicted octanol–water partition coefficient (Wildman–Crippen LogP) is -1.30. The number of carbonyl (C=O) groups excluding carboxylic acids is 2. The number of aliphatic carboxylic acids is 2. The smallest absolute Gasteiger partial charge is 0.124 e. The summed E-state index contributed by atoms with van der Waals surface area (Å²) >= 11 is 0. The zero-order valence-corrected chi connectivity index (χ0v) is 15.3. The van der Waals surface area contributed by atoms with Crippen LogP contribution >= 0.6 is 0 Å². The Morgan fingerprint density at radius 2 is 1.36 bits per heavy atom. The molecular formula is C20H23N2O6-. The molecule has 0 bridgehead atoms. The molecule has 0 aliphatic rings. The molecule has 2 aromatic rings. The molecule has 0 aromatic heterocycles. The van der Waals surface area contributed by atoms with Gasteiger partial charge in [-0.05, 0) is 24.3 Å². The third-order valence-corrected chi connectivity index (χ3v) is 4.49. The molecule has 0 amide bonds. The fraction of sp³-hybridized carbons (Fsp3) is 0.300. The van der Waals surface area contributed by atoms with E-state index >= 15 is 0 Å². The van der Waals surface area contributed by atoms with Crippen LogP contribution in [0.5, 0.6) is 11.5 Å². The lowest BCUT2D eigenvalue weighted by Crippen LogP contribution is -2.55. The van der Waals surface area contributed by atoms with E-state index in [9.17, 15) is 30.0 Å². The van der Waals surface area contributed by atoms with Crippen LogP contribution in [0.3, 0.4) is 0 Å². The molecule has 0 aliphatic carbocycles. The quantitative estimate of drug-likeness (QED) is 0.323. The summed E-state index contributed by atoms with van der Waals surface area (Å²) < 4.78 is -0.0858. The van der Waals surface area contributed by atoms with E-state index < -0.39 is 11.9 Å². The third kappa shape index (κ3) is 6.26. The van der Waals surface area contributed by atoms with Crippen LogP contribution in [-0.2, 0) is 22.7 Å². The number of phenolic OH excluding ortho intramolecular Hbond substituents is 2. The van der Waals surface area contributed by atoms with E-state index in [0.717, 1.165) is 0 Å². The molecule has 0 heterocycles. The van der Waals surface area contributed by atoms with E-state index in [2.05, 4.69) is 5.32 Å². The van der Waals surface area contributed by atoms with Crippen LogP contribution in [0.1, 0.15) is 11.1 Å². The van der Waals surface area contributed by atoms with Crippen molar-refractivity contribution in [1.82, 2.24) is 5.32 Å². The minimum atomic E-state index is -1.29. The second-order valence-corrected chi connectivity index (χ2v) is 6.72. The number of hydrogen-bond donors (Lipinski definition) is 3. The number of hydrogen-bond acceptors (Lipinski definition) is 7. The Labute approximate surface area is 162 Å². The molecule has 0 aliphatic heterocycles. The van der Waals surface area contributed by atoms with E-state index in [1.54, 1.807) is 36.4 Å². The lowest BCUT2D eigenvalue weighted by atomic mass is 10.1. The van der Waals surface area contributed by atoms with Gasteiger partial charge in [0.05, 0.1) is 18.5 Å². The fourth-order valence-electron chi connectivity index (χ4n) is 3.20. The summed E-state index contributed by atoms with van der Waals surface area (Å²) in [5.74, 6) is -2.49. The van der Waals surface area contributed by atoms with Crippen LogP contribution < -0.4 is 15.5 Å². The van der Waals surface area contributed by atoms with Crippen LogP contribution in [0, 0.1) is 0 Å². The highest BCUT2D eigenvalue weighted by molar-refractivity contribution is 5.66. The predicted molar refractivity (Wildman–Crippen MR) is 96.5 cm³/mol. The number of aromatic hydroxyl groups is 2. The first kappa shape index (κ1) is 21.2. The minimum absolute atomic E-state index is 0.0309. The van der Waals surface area contributed by atoms with Crippen molar-refractivity contribution in [1.29, 1.82) is 0 Å². The van der Waals surface area contributed by atoms with E-state index in [1.807, 2.05) is 0 Å². The van der Waals surface area contributed by atoms with E-state index in [1.165, 1.54) is 12.1 Å². The molecule has 0 radical (unpaired) electrons. The Kier molecular flexibility index (Phi) is 7.36. The van der Waals surface area contributed by atoms with E-state index in [0.29, 0.717) is 11.1 Å². The Morgan fingerprint density at radius 3 is 1.79 bits per heavy atom. The van der Waals surface area contributed by atoms with Crippen molar-refractivity contribution in [3.63, 3.8) is 0 Å². The van der Waals surface area contributed by atoms with Crippen molar-refractivity contribution in [2.24, 2.45) is 0 Å². The Morgan fingerprint density at radius 1 is 0.857 bits per heavy atom. The van der Waals surface area contributed by atoms with Crippen molar-refractivity contribution in [2.45, 2.75) is 13.1 Å². The number of benzene rings is 2. The summed E-state index contributed by atoms with van der Waals surface area (Å²) in [5, 5.41) is 45.1. The number of phenols is 2. The number of nitrogens with zero attached hydrogens (tertiary/aromatic N) is 1. The molecule has 8 heteroatoms. The van der Waals surface area contributed by atoms with Gasteiger partial charge in [0.1, 0.15) is 31.1 Å². The summed E-state index contributed by atoms with van der Waals surface area (Å²) in [6.45, 7) is -0.00940. The molecule has 8 nitrogen and oxygen atoms in total. The monoisotopic (exact) mass is 387 g/mol. The molecule has 0 fully saturated rings. The molecule has 2 aromatic carbocycles. The lowest BCUT2D eigenvalue weighted by Gasteiger charge is -2.39. The number of para-hydroxylation sites is 2. The average Bonchev–Trinajstić information content (AvgIpc) is 2.62. The molecule has 0 atom stereocenters. The summed E-state index contributed by atoms with van der Waals surface area (Å²) in [7, 11) is 0. The zero-order chi connectivity index (χ0) is 20.6. The molecule has 0 unspecified atom stereocenters. The van der Waals surface area contributed by atoms with Gasteiger partial charge in [-0.1, -0.05) is 24.3 Å². The van der Waals surface area contributed by atoms with Gasteiger partial charge in [-0.2, -0.15) is 0 Å². The molecule has 3 N–H and O–H groups in total. The molecule has 28 heavy (non-hydrogen) atoms. The van der Waals surface area contributed by atoms with E-state index in [-0.39, 0.29) is 55.3 Å². The van der Waals surface area contributed by atoms with Crippen LogP contribution in [0.4, 0.5) is 0 Å². The normalized spacial score (nSPS) is 11.3. The van der Waals surface area contributed by atoms with Gasteiger partial charge in [0.15, 0.2) is 0 Å². The molecule has 0 saturated carbocycles. The summed E-state index contributed by atoms with van der Waals surface area (Å²) in [5.41, 5.74) is 1.08. The number of nitrogens with one attached hydrogen (secondary N) is 1. The molecule has 0 spiro atoms. The topological polar surface area (TPSA) is 133 Å². The van der Waals surface area contributed by atoms with Crippen LogP contribution in [0.15, 0.2) is 48.5 Å². The molecule has 2 rings (SSSR count). The largest absolute Gasteiger partial charge is 0.549 e. The lowest BCUT2D eigenvalue weighted by molar-refractivity contribution is -0.947. The fourth-order valence-corrected chi connectivity index (χ4v) is 3.20. The first-order valence-electron chi connectivity index (χ1n) is 8.80. The maximum atomic E-state index is 11.5. The maximum Gasteiger partial charge on any atom is 0.124 e. The van der Waals surface area contributed by atoms with Gasteiger partial charge in [0.25, 0.3) is 0 Å². The summed E-state index contributed by atoms with van der Waals surface area (Å²) in [4.78, 5) is 22.2. The number of carbonyl (C=O) groups is 2. The maximum absolute atomic E-state index is 11.5.